The van der Waals surface area contributed by atoms with Gasteiger partial charge in [0.05, 0.1) is 10.2 Å². The molecule has 0 radical (unpaired) electrons. The number of amides is 1. The van der Waals surface area contributed by atoms with E-state index in [2.05, 4.69) is 43.2 Å². The summed E-state index contributed by atoms with van der Waals surface area (Å²) < 4.78 is 6.89. The molecule has 3 aromatic carbocycles. The Hall–Kier alpha value is -3.18. The molecule has 1 heterocycles. The van der Waals surface area contributed by atoms with E-state index in [0.29, 0.717) is 10.9 Å². The molecule has 4 nitrogen and oxygen atoms in total. The smallest absolute Gasteiger partial charge is 0.264 e. The monoisotopic (exact) mass is 416 g/mol. The van der Waals surface area contributed by atoms with Crippen molar-refractivity contribution < 1.29 is 9.53 Å². The Kier molecular flexibility index (Phi) is 5.55. The first-order valence-corrected chi connectivity index (χ1v) is 10.7. The van der Waals surface area contributed by atoms with Crippen molar-refractivity contribution >= 4 is 32.6 Å². The molecular formula is C25H24N2O2S. The molecule has 1 N–H and O–H groups in total. The van der Waals surface area contributed by atoms with Crippen molar-refractivity contribution in [3.8, 4) is 16.9 Å². The second-order valence-electron chi connectivity index (χ2n) is 8.15. The first-order chi connectivity index (χ1) is 14.4. The zero-order valence-electron chi connectivity index (χ0n) is 17.3. The normalized spacial score (nSPS) is 11.4. The van der Waals surface area contributed by atoms with Gasteiger partial charge in [0.15, 0.2) is 11.7 Å². The molecule has 0 atom stereocenters. The fourth-order valence-electron chi connectivity index (χ4n) is 3.19. The number of benzene rings is 3. The molecule has 0 spiro atoms. The Labute approximate surface area is 180 Å². The molecule has 0 bridgehead atoms. The number of thiazole rings is 1. The van der Waals surface area contributed by atoms with Crippen molar-refractivity contribution in [1.82, 2.24) is 4.98 Å². The van der Waals surface area contributed by atoms with Crippen molar-refractivity contribution in [3.63, 3.8) is 0 Å². The highest BCUT2D eigenvalue weighted by molar-refractivity contribution is 7.22. The SMILES string of the molecule is CC(C)(C)c1ccc2nc(NC(=O)COc3ccccc3-c3ccccc3)sc2c1. The number of fused-ring (bicyclic) bond motifs is 1. The first kappa shape index (κ1) is 20.1. The van der Waals surface area contributed by atoms with Crippen molar-refractivity contribution in [2.24, 2.45) is 0 Å². The van der Waals surface area contributed by atoms with Gasteiger partial charge in [-0.1, -0.05) is 86.7 Å². The van der Waals surface area contributed by atoms with Crippen LogP contribution in [0.4, 0.5) is 5.13 Å². The third-order valence-corrected chi connectivity index (χ3v) is 5.77. The van der Waals surface area contributed by atoms with Crippen LogP contribution in [0.25, 0.3) is 21.3 Å². The molecule has 4 aromatic rings. The maximum absolute atomic E-state index is 12.5. The molecule has 0 saturated carbocycles. The Balaban J connectivity index is 1.45. The minimum absolute atomic E-state index is 0.0710. The highest BCUT2D eigenvalue weighted by atomic mass is 32.1. The summed E-state index contributed by atoms with van der Waals surface area (Å²) in [5.74, 6) is 0.450. The van der Waals surface area contributed by atoms with Gasteiger partial charge >= 0.3 is 0 Å². The van der Waals surface area contributed by atoms with E-state index in [9.17, 15) is 4.79 Å². The van der Waals surface area contributed by atoms with Gasteiger partial charge in [0.2, 0.25) is 0 Å². The molecule has 1 amide bonds. The summed E-state index contributed by atoms with van der Waals surface area (Å²) in [6, 6.07) is 24.0. The zero-order chi connectivity index (χ0) is 21.1. The van der Waals surface area contributed by atoms with Crippen LogP contribution in [0.15, 0.2) is 72.8 Å². The number of carbonyl (C=O) groups is 1. The van der Waals surface area contributed by atoms with Gasteiger partial charge in [0, 0.05) is 5.56 Å². The zero-order valence-corrected chi connectivity index (χ0v) is 18.1. The van der Waals surface area contributed by atoms with E-state index in [0.717, 1.165) is 21.3 Å². The number of nitrogens with one attached hydrogen (secondary N) is 1. The molecule has 5 heteroatoms. The van der Waals surface area contributed by atoms with Crippen LogP contribution in [0.2, 0.25) is 0 Å². The molecule has 0 saturated heterocycles. The summed E-state index contributed by atoms with van der Waals surface area (Å²) in [5.41, 5.74) is 4.22. The van der Waals surface area contributed by atoms with E-state index in [1.54, 1.807) is 0 Å². The standard InChI is InChI=1S/C25H24N2O2S/c1-25(2,3)18-13-14-20-22(15-18)30-24(26-20)27-23(28)16-29-21-12-8-7-11-19(21)17-9-5-4-6-10-17/h4-15H,16H2,1-3H3,(H,26,27,28). The van der Waals surface area contributed by atoms with Gasteiger partial charge in [-0.25, -0.2) is 4.98 Å². The van der Waals surface area contributed by atoms with Crippen LogP contribution >= 0.6 is 11.3 Å². The molecule has 0 aliphatic heterocycles. The van der Waals surface area contributed by atoms with Gasteiger partial charge in [0.1, 0.15) is 5.75 Å². The lowest BCUT2D eigenvalue weighted by atomic mass is 9.87. The molecule has 0 fully saturated rings. The molecular weight excluding hydrogens is 392 g/mol. The van der Waals surface area contributed by atoms with Crippen molar-refractivity contribution in [2.45, 2.75) is 26.2 Å². The van der Waals surface area contributed by atoms with E-state index >= 15 is 0 Å². The number of ether oxygens (including phenoxy) is 1. The molecule has 1 aromatic heterocycles. The fourth-order valence-corrected chi connectivity index (χ4v) is 4.11. The molecule has 0 unspecified atom stereocenters. The molecule has 4 rings (SSSR count). The van der Waals surface area contributed by atoms with Crippen LogP contribution in [0.3, 0.4) is 0 Å². The molecule has 0 aliphatic carbocycles. The van der Waals surface area contributed by atoms with E-state index in [1.807, 2.05) is 60.7 Å². The average molecular weight is 417 g/mol. The van der Waals surface area contributed by atoms with Gasteiger partial charge in [0.25, 0.3) is 5.91 Å². The third-order valence-electron chi connectivity index (χ3n) is 4.83. The number of hydrogen-bond acceptors (Lipinski definition) is 4. The van der Waals surface area contributed by atoms with Gasteiger partial charge in [-0.3, -0.25) is 10.1 Å². The van der Waals surface area contributed by atoms with Crippen LogP contribution in [-0.4, -0.2) is 17.5 Å². The predicted molar refractivity (Wildman–Crippen MR) is 124 cm³/mol. The van der Waals surface area contributed by atoms with Crippen LogP contribution in [0, 0.1) is 0 Å². The maximum Gasteiger partial charge on any atom is 0.264 e. The van der Waals surface area contributed by atoms with Crippen LogP contribution in [0.5, 0.6) is 5.75 Å². The summed E-state index contributed by atoms with van der Waals surface area (Å²) in [6.07, 6.45) is 0. The average Bonchev–Trinajstić information content (AvgIpc) is 3.14. The largest absolute Gasteiger partial charge is 0.483 e. The second kappa shape index (κ2) is 8.28. The number of anilines is 1. The minimum atomic E-state index is -0.229. The van der Waals surface area contributed by atoms with Crippen molar-refractivity contribution in [2.75, 3.05) is 11.9 Å². The lowest BCUT2D eigenvalue weighted by Crippen LogP contribution is -2.20. The Morgan fingerprint density at radius 1 is 1.00 bits per heavy atom. The first-order valence-electron chi connectivity index (χ1n) is 9.88. The van der Waals surface area contributed by atoms with Gasteiger partial charge in [-0.15, -0.1) is 0 Å². The summed E-state index contributed by atoms with van der Waals surface area (Å²) >= 11 is 1.48. The van der Waals surface area contributed by atoms with E-state index in [4.69, 9.17) is 4.74 Å². The second-order valence-corrected chi connectivity index (χ2v) is 9.18. The lowest BCUT2D eigenvalue weighted by molar-refractivity contribution is -0.118. The van der Waals surface area contributed by atoms with Crippen LogP contribution < -0.4 is 10.1 Å². The Morgan fingerprint density at radius 2 is 1.73 bits per heavy atom. The summed E-state index contributed by atoms with van der Waals surface area (Å²) in [5, 5.41) is 3.45. The Morgan fingerprint density at radius 3 is 2.50 bits per heavy atom. The number of nitrogens with zero attached hydrogens (tertiary/aromatic N) is 1. The topological polar surface area (TPSA) is 51.2 Å². The van der Waals surface area contributed by atoms with Crippen LogP contribution in [-0.2, 0) is 10.2 Å². The van der Waals surface area contributed by atoms with E-state index in [1.165, 1.54) is 16.9 Å². The summed E-state index contributed by atoms with van der Waals surface area (Å²) in [7, 11) is 0. The Bertz CT molecular complexity index is 1180. The maximum atomic E-state index is 12.5. The van der Waals surface area contributed by atoms with E-state index in [-0.39, 0.29) is 17.9 Å². The number of para-hydroxylation sites is 1. The summed E-state index contributed by atoms with van der Waals surface area (Å²) in [6.45, 7) is 6.47. The van der Waals surface area contributed by atoms with Crippen molar-refractivity contribution in [3.05, 3.63) is 78.4 Å². The lowest BCUT2D eigenvalue weighted by Gasteiger charge is -2.18. The van der Waals surface area contributed by atoms with Crippen LogP contribution in [0.1, 0.15) is 26.3 Å². The van der Waals surface area contributed by atoms with Gasteiger partial charge in [-0.2, -0.15) is 0 Å². The fraction of sp³-hybridized carbons (Fsp3) is 0.200. The molecule has 0 aliphatic rings. The third kappa shape index (κ3) is 4.52. The van der Waals surface area contributed by atoms with E-state index < -0.39 is 0 Å². The summed E-state index contributed by atoms with van der Waals surface area (Å²) in [4.78, 5) is 17.0. The number of rotatable bonds is 5. The number of aromatic nitrogens is 1. The molecule has 152 valence electrons. The molecule has 30 heavy (non-hydrogen) atoms. The quantitative estimate of drug-likeness (QED) is 0.417. The highest BCUT2D eigenvalue weighted by Crippen LogP contribution is 2.32. The van der Waals surface area contributed by atoms with Gasteiger partial charge in [-0.05, 0) is 34.7 Å². The van der Waals surface area contributed by atoms with Gasteiger partial charge < -0.3 is 4.74 Å². The highest BCUT2D eigenvalue weighted by Gasteiger charge is 2.16. The number of hydrogen-bond donors (Lipinski definition) is 1. The van der Waals surface area contributed by atoms with Crippen molar-refractivity contribution in [1.29, 1.82) is 0 Å². The minimum Gasteiger partial charge on any atom is -0.483 e. The number of carbonyl (C=O) groups excluding carboxylic acids is 1. The predicted octanol–water partition coefficient (Wildman–Crippen LogP) is 6.28.